The van der Waals surface area contributed by atoms with Crippen LogP contribution >= 0.6 is 11.7 Å². The van der Waals surface area contributed by atoms with Gasteiger partial charge in [0.05, 0.1) is 29.7 Å². The average Bonchev–Trinajstić information content (AvgIpc) is 3.02. The molecule has 0 fully saturated rings. The SMILES string of the molecule is CCCNC(c1cnsn1)c1cccc2ccncc12. The fourth-order valence-corrected chi connectivity index (χ4v) is 2.80. The lowest BCUT2D eigenvalue weighted by molar-refractivity contribution is 0.593. The Labute approximate surface area is 122 Å². The van der Waals surface area contributed by atoms with Crippen LogP contribution in [-0.4, -0.2) is 20.3 Å². The number of nitrogens with one attached hydrogen (secondary N) is 1. The molecular weight excluding hydrogens is 268 g/mol. The zero-order valence-corrected chi connectivity index (χ0v) is 12.1. The molecule has 0 aliphatic carbocycles. The van der Waals surface area contributed by atoms with Crippen LogP contribution in [0.3, 0.4) is 0 Å². The first-order chi connectivity index (χ1) is 9.90. The van der Waals surface area contributed by atoms with Crippen LogP contribution in [0.4, 0.5) is 0 Å². The van der Waals surface area contributed by atoms with E-state index in [4.69, 9.17) is 0 Å². The van der Waals surface area contributed by atoms with E-state index in [0.717, 1.165) is 24.0 Å². The van der Waals surface area contributed by atoms with Crippen LogP contribution in [0.5, 0.6) is 0 Å². The van der Waals surface area contributed by atoms with Crippen molar-refractivity contribution in [3.8, 4) is 0 Å². The summed E-state index contributed by atoms with van der Waals surface area (Å²) in [7, 11) is 0. The Bertz CT molecular complexity index is 676. The Morgan fingerprint density at radius 3 is 3.00 bits per heavy atom. The van der Waals surface area contributed by atoms with Gasteiger partial charge in [0.1, 0.15) is 0 Å². The molecule has 3 rings (SSSR count). The predicted octanol–water partition coefficient (Wildman–Crippen LogP) is 3.18. The number of pyridine rings is 1. The summed E-state index contributed by atoms with van der Waals surface area (Å²) in [6, 6.07) is 8.43. The van der Waals surface area contributed by atoms with E-state index in [1.54, 1.807) is 0 Å². The normalized spacial score (nSPS) is 12.7. The molecule has 0 saturated heterocycles. The van der Waals surface area contributed by atoms with Crippen LogP contribution in [-0.2, 0) is 0 Å². The number of benzene rings is 1. The van der Waals surface area contributed by atoms with Crippen molar-refractivity contribution in [3.05, 3.63) is 54.1 Å². The van der Waals surface area contributed by atoms with Crippen LogP contribution in [0.2, 0.25) is 0 Å². The topological polar surface area (TPSA) is 50.7 Å². The quantitative estimate of drug-likeness (QED) is 0.782. The number of fused-ring (bicyclic) bond motifs is 1. The summed E-state index contributed by atoms with van der Waals surface area (Å²) in [5.41, 5.74) is 2.18. The number of nitrogens with zero attached hydrogens (tertiary/aromatic N) is 3. The Kier molecular flexibility index (Phi) is 3.99. The van der Waals surface area contributed by atoms with Gasteiger partial charge in [0.2, 0.25) is 0 Å². The van der Waals surface area contributed by atoms with E-state index in [-0.39, 0.29) is 6.04 Å². The first-order valence-corrected chi connectivity index (χ1v) is 7.46. The zero-order valence-electron chi connectivity index (χ0n) is 11.3. The highest BCUT2D eigenvalue weighted by Crippen LogP contribution is 2.27. The molecular formula is C15H16N4S. The minimum absolute atomic E-state index is 0.0709. The lowest BCUT2D eigenvalue weighted by Gasteiger charge is -2.18. The molecule has 3 aromatic rings. The van der Waals surface area contributed by atoms with Crippen LogP contribution < -0.4 is 5.32 Å². The first kappa shape index (κ1) is 13.1. The number of rotatable bonds is 5. The minimum atomic E-state index is 0.0709. The lowest BCUT2D eigenvalue weighted by Crippen LogP contribution is -2.23. The fraction of sp³-hybridized carbons (Fsp3) is 0.267. The maximum absolute atomic E-state index is 4.40. The fourth-order valence-electron chi connectivity index (χ4n) is 2.35. The molecule has 4 nitrogen and oxygen atoms in total. The average molecular weight is 284 g/mol. The molecule has 1 atom stereocenters. The van der Waals surface area contributed by atoms with Gasteiger partial charge >= 0.3 is 0 Å². The third-order valence-corrected chi connectivity index (χ3v) is 3.79. The second-order valence-corrected chi connectivity index (χ2v) is 5.22. The Morgan fingerprint density at radius 2 is 2.20 bits per heavy atom. The Hall–Kier alpha value is -1.85. The van der Waals surface area contributed by atoms with Gasteiger partial charge in [-0.3, -0.25) is 4.98 Å². The van der Waals surface area contributed by atoms with Crippen LogP contribution in [0.25, 0.3) is 10.8 Å². The smallest absolute Gasteiger partial charge is 0.0957 e. The highest BCUT2D eigenvalue weighted by Gasteiger charge is 2.18. The second kappa shape index (κ2) is 6.07. The zero-order chi connectivity index (χ0) is 13.8. The van der Waals surface area contributed by atoms with Gasteiger partial charge in [0.25, 0.3) is 0 Å². The first-order valence-electron chi connectivity index (χ1n) is 6.73. The van der Waals surface area contributed by atoms with Crippen molar-refractivity contribution >= 4 is 22.5 Å². The summed E-state index contributed by atoms with van der Waals surface area (Å²) >= 11 is 1.25. The van der Waals surface area contributed by atoms with E-state index in [9.17, 15) is 0 Å². The molecule has 0 aliphatic heterocycles. The van der Waals surface area contributed by atoms with E-state index in [1.807, 2.05) is 24.7 Å². The molecule has 0 spiro atoms. The Morgan fingerprint density at radius 1 is 1.25 bits per heavy atom. The van der Waals surface area contributed by atoms with E-state index < -0.39 is 0 Å². The number of aromatic nitrogens is 3. The Balaban J connectivity index is 2.09. The molecule has 0 amide bonds. The van der Waals surface area contributed by atoms with Crippen molar-refractivity contribution in [2.45, 2.75) is 19.4 Å². The second-order valence-electron chi connectivity index (χ2n) is 4.66. The molecule has 0 saturated carbocycles. The van der Waals surface area contributed by atoms with Gasteiger partial charge in [-0.25, -0.2) is 0 Å². The molecule has 1 aromatic carbocycles. The van der Waals surface area contributed by atoms with Crippen molar-refractivity contribution in [1.29, 1.82) is 0 Å². The summed E-state index contributed by atoms with van der Waals surface area (Å²) in [6.45, 7) is 3.10. The van der Waals surface area contributed by atoms with Crippen molar-refractivity contribution in [3.63, 3.8) is 0 Å². The van der Waals surface area contributed by atoms with Crippen LogP contribution in [0.15, 0.2) is 42.9 Å². The van der Waals surface area contributed by atoms with Gasteiger partial charge in [-0.1, -0.05) is 25.1 Å². The van der Waals surface area contributed by atoms with E-state index in [0.29, 0.717) is 0 Å². The highest BCUT2D eigenvalue weighted by molar-refractivity contribution is 6.99. The van der Waals surface area contributed by atoms with Crippen LogP contribution in [0, 0.1) is 0 Å². The molecule has 2 aromatic heterocycles. The van der Waals surface area contributed by atoms with E-state index >= 15 is 0 Å². The van der Waals surface area contributed by atoms with Gasteiger partial charge in [-0.15, -0.1) is 0 Å². The standard InChI is InChI=1S/C15H16N4S/c1-2-7-17-15(14-10-18-20-19-14)12-5-3-4-11-6-8-16-9-13(11)12/h3-6,8-10,15,17H,2,7H2,1H3. The maximum Gasteiger partial charge on any atom is 0.0957 e. The summed E-state index contributed by atoms with van der Waals surface area (Å²) in [4.78, 5) is 4.26. The van der Waals surface area contributed by atoms with Gasteiger partial charge in [0.15, 0.2) is 0 Å². The van der Waals surface area contributed by atoms with Crippen molar-refractivity contribution in [1.82, 2.24) is 19.0 Å². The largest absolute Gasteiger partial charge is 0.305 e. The molecule has 2 heterocycles. The minimum Gasteiger partial charge on any atom is -0.305 e. The molecule has 102 valence electrons. The van der Waals surface area contributed by atoms with Gasteiger partial charge < -0.3 is 5.32 Å². The maximum atomic E-state index is 4.40. The van der Waals surface area contributed by atoms with Crippen molar-refractivity contribution < 1.29 is 0 Å². The summed E-state index contributed by atoms with van der Waals surface area (Å²) in [5.74, 6) is 0. The summed E-state index contributed by atoms with van der Waals surface area (Å²) in [5, 5.41) is 5.92. The van der Waals surface area contributed by atoms with Gasteiger partial charge in [0, 0.05) is 17.8 Å². The molecule has 0 aliphatic rings. The number of hydrogen-bond donors (Lipinski definition) is 1. The van der Waals surface area contributed by atoms with Gasteiger partial charge in [-0.2, -0.15) is 8.75 Å². The lowest BCUT2D eigenvalue weighted by atomic mass is 9.98. The van der Waals surface area contributed by atoms with Crippen molar-refractivity contribution in [2.75, 3.05) is 6.54 Å². The predicted molar refractivity (Wildman–Crippen MR) is 81.8 cm³/mol. The molecule has 1 N–H and O–H groups in total. The van der Waals surface area contributed by atoms with Crippen LogP contribution in [0.1, 0.15) is 30.6 Å². The van der Waals surface area contributed by atoms with Gasteiger partial charge in [-0.05, 0) is 30.0 Å². The third kappa shape index (κ3) is 2.55. The van der Waals surface area contributed by atoms with E-state index in [1.165, 1.54) is 22.7 Å². The van der Waals surface area contributed by atoms with E-state index in [2.05, 4.69) is 44.2 Å². The van der Waals surface area contributed by atoms with Crippen molar-refractivity contribution in [2.24, 2.45) is 0 Å². The molecule has 1 unspecified atom stereocenters. The molecule has 0 bridgehead atoms. The monoisotopic (exact) mass is 284 g/mol. The summed E-state index contributed by atoms with van der Waals surface area (Å²) in [6.07, 6.45) is 6.67. The molecule has 0 radical (unpaired) electrons. The summed E-state index contributed by atoms with van der Waals surface area (Å²) < 4.78 is 8.53. The molecule has 5 heteroatoms. The number of hydrogen-bond acceptors (Lipinski definition) is 5. The molecule has 20 heavy (non-hydrogen) atoms. The highest BCUT2D eigenvalue weighted by atomic mass is 32.1. The third-order valence-electron chi connectivity index (χ3n) is 3.30.